The minimum atomic E-state index is -0.954. The first-order chi connectivity index (χ1) is 9.59. The molecule has 0 bridgehead atoms. The van der Waals surface area contributed by atoms with Gasteiger partial charge in [0.25, 0.3) is 5.91 Å². The van der Waals surface area contributed by atoms with Gasteiger partial charge in [-0.05, 0) is 5.56 Å². The van der Waals surface area contributed by atoms with Crippen LogP contribution in [-0.4, -0.2) is 21.8 Å². The standard InChI is InChI=1S/C13H13N5O2/c14-11-10(16-6-7-17-11)13(20)18-9(12(15)19)8-4-2-1-3-5-8/h1-7,9H,(H2,14,17)(H2,15,19)(H,18,20). The summed E-state index contributed by atoms with van der Waals surface area (Å²) in [6, 6.07) is 7.71. The lowest BCUT2D eigenvalue weighted by atomic mass is 10.1. The zero-order chi connectivity index (χ0) is 14.5. The quantitative estimate of drug-likeness (QED) is 0.722. The molecule has 5 N–H and O–H groups in total. The molecule has 0 saturated heterocycles. The first-order valence-corrected chi connectivity index (χ1v) is 5.81. The average molecular weight is 271 g/mol. The molecular formula is C13H13N5O2. The predicted octanol–water partition coefficient (Wildman–Crippen LogP) is 0.0152. The Kier molecular flexibility index (Phi) is 3.90. The summed E-state index contributed by atoms with van der Waals surface area (Å²) in [5.74, 6) is -1.29. The van der Waals surface area contributed by atoms with Gasteiger partial charge in [0.1, 0.15) is 6.04 Å². The summed E-state index contributed by atoms with van der Waals surface area (Å²) in [6.45, 7) is 0. The van der Waals surface area contributed by atoms with Gasteiger partial charge in [0, 0.05) is 12.4 Å². The normalized spacial score (nSPS) is 11.6. The number of amides is 2. The number of anilines is 1. The molecule has 0 aliphatic carbocycles. The second kappa shape index (κ2) is 5.79. The van der Waals surface area contributed by atoms with Crippen molar-refractivity contribution in [2.75, 3.05) is 5.73 Å². The van der Waals surface area contributed by atoms with Gasteiger partial charge >= 0.3 is 0 Å². The maximum Gasteiger partial charge on any atom is 0.274 e. The molecule has 1 heterocycles. The minimum Gasteiger partial charge on any atom is -0.382 e. The molecule has 2 rings (SSSR count). The molecular weight excluding hydrogens is 258 g/mol. The summed E-state index contributed by atoms with van der Waals surface area (Å²) in [5, 5.41) is 2.49. The molecule has 2 amide bonds. The summed E-state index contributed by atoms with van der Waals surface area (Å²) >= 11 is 0. The van der Waals surface area contributed by atoms with Crippen molar-refractivity contribution in [3.63, 3.8) is 0 Å². The number of nitrogens with one attached hydrogen (secondary N) is 1. The molecule has 20 heavy (non-hydrogen) atoms. The number of hydrogen-bond donors (Lipinski definition) is 3. The number of primary amides is 1. The van der Waals surface area contributed by atoms with Gasteiger partial charge in [-0.3, -0.25) is 9.59 Å². The monoisotopic (exact) mass is 271 g/mol. The molecule has 0 saturated carbocycles. The lowest BCUT2D eigenvalue weighted by Gasteiger charge is -2.15. The van der Waals surface area contributed by atoms with Crippen molar-refractivity contribution in [3.05, 3.63) is 54.0 Å². The van der Waals surface area contributed by atoms with Crippen LogP contribution in [0.15, 0.2) is 42.7 Å². The number of hydrogen-bond acceptors (Lipinski definition) is 5. The van der Waals surface area contributed by atoms with Crippen molar-refractivity contribution in [1.82, 2.24) is 15.3 Å². The smallest absolute Gasteiger partial charge is 0.274 e. The number of rotatable bonds is 4. The number of nitrogens with zero attached hydrogens (tertiary/aromatic N) is 2. The molecule has 0 aliphatic rings. The number of nitrogens with two attached hydrogens (primary N) is 2. The highest BCUT2D eigenvalue weighted by atomic mass is 16.2. The van der Waals surface area contributed by atoms with Gasteiger partial charge in [0.15, 0.2) is 11.5 Å². The molecule has 2 aromatic rings. The Morgan fingerprint density at radius 2 is 1.75 bits per heavy atom. The van der Waals surface area contributed by atoms with Crippen LogP contribution in [0.4, 0.5) is 5.82 Å². The molecule has 1 aromatic carbocycles. The van der Waals surface area contributed by atoms with E-state index in [-0.39, 0.29) is 11.5 Å². The summed E-state index contributed by atoms with van der Waals surface area (Å²) in [7, 11) is 0. The van der Waals surface area contributed by atoms with Crippen LogP contribution >= 0.6 is 0 Å². The van der Waals surface area contributed by atoms with E-state index in [1.54, 1.807) is 30.3 Å². The van der Waals surface area contributed by atoms with Crippen molar-refractivity contribution in [3.8, 4) is 0 Å². The van der Waals surface area contributed by atoms with E-state index in [0.717, 1.165) is 0 Å². The summed E-state index contributed by atoms with van der Waals surface area (Å²) in [4.78, 5) is 31.1. The van der Waals surface area contributed by atoms with Crippen LogP contribution in [0.2, 0.25) is 0 Å². The second-order valence-electron chi connectivity index (χ2n) is 4.01. The molecule has 0 spiro atoms. The van der Waals surface area contributed by atoms with E-state index < -0.39 is 17.9 Å². The molecule has 7 nitrogen and oxygen atoms in total. The summed E-state index contributed by atoms with van der Waals surface area (Å²) in [6.07, 6.45) is 2.71. The van der Waals surface area contributed by atoms with E-state index in [9.17, 15) is 9.59 Å². The first kappa shape index (κ1) is 13.5. The van der Waals surface area contributed by atoms with Gasteiger partial charge in [-0.2, -0.15) is 0 Å². The number of benzene rings is 1. The lowest BCUT2D eigenvalue weighted by molar-refractivity contribution is -0.120. The van der Waals surface area contributed by atoms with Crippen molar-refractivity contribution in [2.45, 2.75) is 6.04 Å². The molecule has 1 atom stereocenters. The number of aromatic nitrogens is 2. The highest BCUT2D eigenvalue weighted by molar-refractivity contribution is 5.99. The Balaban J connectivity index is 2.24. The van der Waals surface area contributed by atoms with E-state index in [1.165, 1.54) is 12.4 Å². The maximum atomic E-state index is 12.1. The second-order valence-corrected chi connectivity index (χ2v) is 4.01. The van der Waals surface area contributed by atoms with E-state index in [1.807, 2.05) is 0 Å². The van der Waals surface area contributed by atoms with E-state index in [4.69, 9.17) is 11.5 Å². The molecule has 0 radical (unpaired) electrons. The fourth-order valence-corrected chi connectivity index (χ4v) is 1.69. The summed E-state index contributed by atoms with van der Waals surface area (Å²) < 4.78 is 0. The third kappa shape index (κ3) is 2.89. The highest BCUT2D eigenvalue weighted by Crippen LogP contribution is 2.13. The van der Waals surface area contributed by atoms with Crippen LogP contribution in [0.3, 0.4) is 0 Å². The van der Waals surface area contributed by atoms with Crippen LogP contribution in [0, 0.1) is 0 Å². The van der Waals surface area contributed by atoms with E-state index in [0.29, 0.717) is 5.56 Å². The van der Waals surface area contributed by atoms with Gasteiger partial charge < -0.3 is 16.8 Å². The number of nitrogen functional groups attached to an aromatic ring is 1. The van der Waals surface area contributed by atoms with Crippen molar-refractivity contribution >= 4 is 17.6 Å². The largest absolute Gasteiger partial charge is 0.382 e. The van der Waals surface area contributed by atoms with Crippen LogP contribution in [0.25, 0.3) is 0 Å². The van der Waals surface area contributed by atoms with Crippen molar-refractivity contribution in [1.29, 1.82) is 0 Å². The highest BCUT2D eigenvalue weighted by Gasteiger charge is 2.22. The summed E-state index contributed by atoms with van der Waals surface area (Å²) in [5.41, 5.74) is 11.4. The number of carbonyl (C=O) groups excluding carboxylic acids is 2. The van der Waals surface area contributed by atoms with Crippen LogP contribution in [-0.2, 0) is 4.79 Å². The van der Waals surface area contributed by atoms with E-state index in [2.05, 4.69) is 15.3 Å². The third-order valence-corrected chi connectivity index (χ3v) is 2.63. The van der Waals surface area contributed by atoms with Crippen LogP contribution < -0.4 is 16.8 Å². The van der Waals surface area contributed by atoms with Crippen LogP contribution in [0.5, 0.6) is 0 Å². The Bertz CT molecular complexity index is 630. The third-order valence-electron chi connectivity index (χ3n) is 2.63. The zero-order valence-electron chi connectivity index (χ0n) is 10.5. The first-order valence-electron chi connectivity index (χ1n) is 5.81. The Morgan fingerprint density at radius 3 is 2.35 bits per heavy atom. The average Bonchev–Trinajstić information content (AvgIpc) is 2.45. The molecule has 0 fully saturated rings. The lowest BCUT2D eigenvalue weighted by Crippen LogP contribution is -2.38. The molecule has 1 unspecified atom stereocenters. The van der Waals surface area contributed by atoms with Gasteiger partial charge in [-0.1, -0.05) is 30.3 Å². The molecule has 0 aliphatic heterocycles. The van der Waals surface area contributed by atoms with Gasteiger partial charge in [-0.15, -0.1) is 0 Å². The van der Waals surface area contributed by atoms with E-state index >= 15 is 0 Å². The Hall–Kier alpha value is -2.96. The molecule has 1 aromatic heterocycles. The molecule has 102 valence electrons. The van der Waals surface area contributed by atoms with Crippen LogP contribution in [0.1, 0.15) is 22.1 Å². The predicted molar refractivity (Wildman–Crippen MR) is 72.3 cm³/mol. The van der Waals surface area contributed by atoms with Gasteiger partial charge in [-0.25, -0.2) is 9.97 Å². The fraction of sp³-hybridized carbons (Fsp3) is 0.0769. The minimum absolute atomic E-state index is 0.0127. The maximum absolute atomic E-state index is 12.1. The van der Waals surface area contributed by atoms with Gasteiger partial charge in [0.05, 0.1) is 0 Å². The SMILES string of the molecule is NC(=O)C(NC(=O)c1nccnc1N)c1ccccc1. The molecule has 7 heteroatoms. The van der Waals surface area contributed by atoms with Crippen molar-refractivity contribution < 1.29 is 9.59 Å². The Morgan fingerprint density at radius 1 is 1.10 bits per heavy atom. The van der Waals surface area contributed by atoms with Crippen molar-refractivity contribution in [2.24, 2.45) is 5.73 Å². The number of carbonyl (C=O) groups is 2. The fourth-order valence-electron chi connectivity index (χ4n) is 1.69. The van der Waals surface area contributed by atoms with Gasteiger partial charge in [0.2, 0.25) is 5.91 Å². The zero-order valence-corrected chi connectivity index (χ0v) is 10.5. The Labute approximate surface area is 115 Å². The topological polar surface area (TPSA) is 124 Å².